The number of rotatable bonds is 5. The second kappa shape index (κ2) is 6.29. The fourth-order valence-electron chi connectivity index (χ4n) is 2.50. The molecule has 1 aromatic rings. The van der Waals surface area contributed by atoms with E-state index in [9.17, 15) is 4.79 Å². The van der Waals surface area contributed by atoms with Crippen molar-refractivity contribution in [3.05, 3.63) is 24.3 Å². The molecule has 1 amide bonds. The Kier molecular flexibility index (Phi) is 4.69. The van der Waals surface area contributed by atoms with Crippen LogP contribution < -0.4 is 10.6 Å². The van der Waals surface area contributed by atoms with E-state index in [1.165, 1.54) is 12.8 Å². The smallest absolute Gasteiger partial charge is 0.226 e. The first-order valence-electron chi connectivity index (χ1n) is 7.63. The Balaban J connectivity index is 1.82. The van der Waals surface area contributed by atoms with Gasteiger partial charge < -0.3 is 10.6 Å². The second-order valence-corrected chi connectivity index (χ2v) is 6.54. The van der Waals surface area contributed by atoms with Crippen LogP contribution in [0.4, 0.5) is 11.4 Å². The molecule has 110 valence electrons. The predicted molar refractivity (Wildman–Crippen MR) is 84.9 cm³/mol. The van der Waals surface area contributed by atoms with Crippen LogP contribution in [-0.4, -0.2) is 11.9 Å². The van der Waals surface area contributed by atoms with Gasteiger partial charge in [0.1, 0.15) is 0 Å². The van der Waals surface area contributed by atoms with Crippen molar-refractivity contribution in [3.63, 3.8) is 0 Å². The van der Waals surface area contributed by atoms with Gasteiger partial charge in [0.15, 0.2) is 0 Å². The van der Waals surface area contributed by atoms with Gasteiger partial charge in [-0.05, 0) is 48.9 Å². The van der Waals surface area contributed by atoms with Gasteiger partial charge in [-0.25, -0.2) is 0 Å². The van der Waals surface area contributed by atoms with Crippen LogP contribution in [0.1, 0.15) is 40.5 Å². The van der Waals surface area contributed by atoms with E-state index >= 15 is 0 Å². The molecule has 0 aromatic heterocycles. The van der Waals surface area contributed by atoms with Gasteiger partial charge in [0.05, 0.1) is 0 Å². The molecule has 3 heteroatoms. The van der Waals surface area contributed by atoms with Crippen molar-refractivity contribution in [2.24, 2.45) is 17.8 Å². The van der Waals surface area contributed by atoms with Crippen molar-refractivity contribution in [1.29, 1.82) is 0 Å². The molecule has 2 N–H and O–H groups in total. The number of benzene rings is 1. The molecule has 3 nitrogen and oxygen atoms in total. The van der Waals surface area contributed by atoms with Gasteiger partial charge in [0.25, 0.3) is 0 Å². The minimum absolute atomic E-state index is 0.00995. The summed E-state index contributed by atoms with van der Waals surface area (Å²) in [5.74, 6) is 1.74. The largest absolute Gasteiger partial charge is 0.382 e. The van der Waals surface area contributed by atoms with E-state index in [0.717, 1.165) is 23.2 Å². The third-order valence-corrected chi connectivity index (χ3v) is 4.16. The first kappa shape index (κ1) is 14.9. The molecule has 1 aliphatic rings. The zero-order valence-electron chi connectivity index (χ0n) is 12.9. The van der Waals surface area contributed by atoms with Crippen molar-refractivity contribution >= 4 is 17.3 Å². The highest BCUT2D eigenvalue weighted by molar-refractivity contribution is 5.92. The standard InChI is InChI=1S/C17H26N2O/c1-11(2)13-9-16(10-13)18-14-5-7-15(8-6-14)19-17(20)12(3)4/h5-8,11-13,16,18H,9-10H2,1-4H3,(H,19,20). The third-order valence-electron chi connectivity index (χ3n) is 4.16. The highest BCUT2D eigenvalue weighted by Gasteiger charge is 2.30. The van der Waals surface area contributed by atoms with E-state index in [1.54, 1.807) is 0 Å². The average molecular weight is 274 g/mol. The van der Waals surface area contributed by atoms with Gasteiger partial charge >= 0.3 is 0 Å². The van der Waals surface area contributed by atoms with Crippen molar-refractivity contribution in [3.8, 4) is 0 Å². The summed E-state index contributed by atoms with van der Waals surface area (Å²) >= 11 is 0. The van der Waals surface area contributed by atoms with Gasteiger partial charge in [0.2, 0.25) is 5.91 Å². The summed E-state index contributed by atoms with van der Waals surface area (Å²) < 4.78 is 0. The Bertz CT molecular complexity index is 445. The molecule has 1 saturated carbocycles. The summed E-state index contributed by atoms with van der Waals surface area (Å²) in [7, 11) is 0. The molecule has 0 heterocycles. The number of hydrogen-bond acceptors (Lipinski definition) is 2. The minimum atomic E-state index is 0.00995. The maximum atomic E-state index is 11.6. The molecule has 1 aromatic carbocycles. The average Bonchev–Trinajstić information content (AvgIpc) is 2.34. The summed E-state index contributed by atoms with van der Waals surface area (Å²) in [4.78, 5) is 11.6. The fraction of sp³-hybridized carbons (Fsp3) is 0.588. The van der Waals surface area contributed by atoms with Gasteiger partial charge in [-0.2, -0.15) is 0 Å². The van der Waals surface area contributed by atoms with Crippen LogP contribution in [0.25, 0.3) is 0 Å². The minimum Gasteiger partial charge on any atom is -0.382 e. The van der Waals surface area contributed by atoms with Crippen LogP contribution in [0.15, 0.2) is 24.3 Å². The van der Waals surface area contributed by atoms with Crippen LogP contribution >= 0.6 is 0 Å². The normalized spacial score (nSPS) is 21.7. The van der Waals surface area contributed by atoms with Gasteiger partial charge in [-0.15, -0.1) is 0 Å². The van der Waals surface area contributed by atoms with Crippen molar-refractivity contribution < 1.29 is 4.79 Å². The lowest BCUT2D eigenvalue weighted by atomic mass is 9.73. The van der Waals surface area contributed by atoms with Crippen LogP contribution in [-0.2, 0) is 4.79 Å². The zero-order valence-corrected chi connectivity index (χ0v) is 12.9. The Hall–Kier alpha value is -1.51. The maximum absolute atomic E-state index is 11.6. The number of nitrogens with one attached hydrogen (secondary N) is 2. The monoisotopic (exact) mass is 274 g/mol. The molecule has 0 radical (unpaired) electrons. The van der Waals surface area contributed by atoms with Crippen LogP contribution in [0.2, 0.25) is 0 Å². The summed E-state index contributed by atoms with van der Waals surface area (Å²) in [6, 6.07) is 8.61. The maximum Gasteiger partial charge on any atom is 0.226 e. The zero-order chi connectivity index (χ0) is 14.7. The molecule has 0 atom stereocenters. The molecule has 0 unspecified atom stereocenters. The summed E-state index contributed by atoms with van der Waals surface area (Å²) in [5, 5.41) is 6.46. The van der Waals surface area contributed by atoms with Crippen molar-refractivity contribution in [2.75, 3.05) is 10.6 Å². The molecule has 0 saturated heterocycles. The second-order valence-electron chi connectivity index (χ2n) is 6.54. The number of amides is 1. The fourth-order valence-corrected chi connectivity index (χ4v) is 2.50. The van der Waals surface area contributed by atoms with Crippen LogP contribution in [0.5, 0.6) is 0 Å². The Morgan fingerprint density at radius 2 is 1.60 bits per heavy atom. The van der Waals surface area contributed by atoms with Crippen molar-refractivity contribution in [2.45, 2.75) is 46.6 Å². The topological polar surface area (TPSA) is 41.1 Å². The van der Waals surface area contributed by atoms with E-state index in [1.807, 2.05) is 38.1 Å². The lowest BCUT2D eigenvalue weighted by molar-refractivity contribution is -0.118. The molecule has 20 heavy (non-hydrogen) atoms. The summed E-state index contributed by atoms with van der Waals surface area (Å²) in [5.41, 5.74) is 2.00. The number of carbonyl (C=O) groups excluding carboxylic acids is 1. The first-order chi connectivity index (χ1) is 9.45. The van der Waals surface area contributed by atoms with E-state index in [-0.39, 0.29) is 11.8 Å². The van der Waals surface area contributed by atoms with E-state index in [2.05, 4.69) is 24.5 Å². The molecule has 2 rings (SSSR count). The van der Waals surface area contributed by atoms with Gasteiger partial charge in [-0.1, -0.05) is 27.7 Å². The Labute approximate surface area is 122 Å². The third kappa shape index (κ3) is 3.75. The summed E-state index contributed by atoms with van der Waals surface area (Å²) in [6.45, 7) is 8.39. The lowest BCUT2D eigenvalue weighted by Gasteiger charge is -2.39. The molecule has 0 bridgehead atoms. The molecular weight excluding hydrogens is 248 g/mol. The van der Waals surface area contributed by atoms with Crippen molar-refractivity contribution in [1.82, 2.24) is 0 Å². The first-order valence-corrected chi connectivity index (χ1v) is 7.63. The van der Waals surface area contributed by atoms with Crippen LogP contribution in [0.3, 0.4) is 0 Å². The number of hydrogen-bond donors (Lipinski definition) is 2. The molecule has 0 spiro atoms. The molecule has 0 aliphatic heterocycles. The number of carbonyl (C=O) groups is 1. The number of anilines is 2. The predicted octanol–water partition coefficient (Wildman–Crippen LogP) is 4.13. The lowest BCUT2D eigenvalue weighted by Crippen LogP contribution is -2.37. The highest BCUT2D eigenvalue weighted by Crippen LogP contribution is 2.35. The van der Waals surface area contributed by atoms with E-state index in [4.69, 9.17) is 0 Å². The van der Waals surface area contributed by atoms with Crippen LogP contribution in [0, 0.1) is 17.8 Å². The van der Waals surface area contributed by atoms with E-state index in [0.29, 0.717) is 6.04 Å². The van der Waals surface area contributed by atoms with Gasteiger partial charge in [-0.3, -0.25) is 4.79 Å². The molecular formula is C17H26N2O. The molecule has 1 fully saturated rings. The van der Waals surface area contributed by atoms with Gasteiger partial charge in [0, 0.05) is 23.3 Å². The van der Waals surface area contributed by atoms with E-state index < -0.39 is 0 Å². The quantitative estimate of drug-likeness (QED) is 0.847. The Morgan fingerprint density at radius 1 is 1.05 bits per heavy atom. The summed E-state index contributed by atoms with van der Waals surface area (Å²) in [6.07, 6.45) is 2.53. The highest BCUT2D eigenvalue weighted by atomic mass is 16.1. The molecule has 1 aliphatic carbocycles. The Morgan fingerprint density at radius 3 is 2.10 bits per heavy atom. The SMILES string of the molecule is CC(C)C(=O)Nc1ccc(NC2CC(C(C)C)C2)cc1.